The Labute approximate surface area is 129 Å². The van der Waals surface area contributed by atoms with Crippen LogP contribution in [0.3, 0.4) is 0 Å². The summed E-state index contributed by atoms with van der Waals surface area (Å²) < 4.78 is 6.15. The quantitative estimate of drug-likeness (QED) is 0.833. The maximum Gasteiger partial charge on any atom is 0.126 e. The molecule has 0 amide bonds. The zero-order valence-electron chi connectivity index (χ0n) is 13.8. The van der Waals surface area contributed by atoms with Crippen LogP contribution in [0.4, 0.5) is 0 Å². The Kier molecular flexibility index (Phi) is 6.52. The number of likely N-dealkylation sites (tertiary alicyclic amines) is 1. The molecular weight excluding hydrogens is 260 g/mol. The summed E-state index contributed by atoms with van der Waals surface area (Å²) >= 11 is 0. The van der Waals surface area contributed by atoms with E-state index in [-0.39, 0.29) is 0 Å². The molecule has 0 aliphatic carbocycles. The van der Waals surface area contributed by atoms with Crippen LogP contribution in [0.15, 0.2) is 18.2 Å². The average Bonchev–Trinajstić information content (AvgIpc) is 2.49. The Bertz CT molecular complexity index is 433. The second-order valence-corrected chi connectivity index (χ2v) is 6.11. The van der Waals surface area contributed by atoms with Gasteiger partial charge in [-0.3, -0.25) is 0 Å². The Morgan fingerprint density at radius 2 is 2.19 bits per heavy atom. The van der Waals surface area contributed by atoms with Crippen LogP contribution >= 0.6 is 0 Å². The molecule has 0 radical (unpaired) electrons. The lowest BCUT2D eigenvalue weighted by Crippen LogP contribution is -2.37. The second-order valence-electron chi connectivity index (χ2n) is 6.11. The number of hydrogen-bond donors (Lipinski definition) is 1. The van der Waals surface area contributed by atoms with E-state index in [4.69, 9.17) is 4.74 Å². The Balaban J connectivity index is 1.89. The molecule has 1 heterocycles. The molecule has 0 spiro atoms. The zero-order chi connectivity index (χ0) is 15.1. The summed E-state index contributed by atoms with van der Waals surface area (Å²) in [5, 5.41) is 3.39. The summed E-state index contributed by atoms with van der Waals surface area (Å²) in [5.74, 6) is 1.08. The predicted molar refractivity (Wildman–Crippen MR) is 88.9 cm³/mol. The van der Waals surface area contributed by atoms with E-state index in [0.717, 1.165) is 31.9 Å². The number of aryl methyl sites for hydroxylation is 1. The van der Waals surface area contributed by atoms with E-state index in [1.54, 1.807) is 0 Å². The molecule has 1 fully saturated rings. The van der Waals surface area contributed by atoms with Gasteiger partial charge < -0.3 is 15.0 Å². The highest BCUT2D eigenvalue weighted by Gasteiger charge is 2.18. The van der Waals surface area contributed by atoms with Crippen molar-refractivity contribution in [2.24, 2.45) is 0 Å². The Morgan fingerprint density at radius 3 is 2.95 bits per heavy atom. The Hall–Kier alpha value is -1.06. The van der Waals surface area contributed by atoms with Crippen molar-refractivity contribution in [2.45, 2.75) is 52.1 Å². The first-order valence-corrected chi connectivity index (χ1v) is 8.34. The van der Waals surface area contributed by atoms with Gasteiger partial charge in [0.15, 0.2) is 0 Å². The lowest BCUT2D eigenvalue weighted by molar-refractivity contribution is 0.152. The maximum atomic E-state index is 6.15. The van der Waals surface area contributed by atoms with Crippen LogP contribution in [0, 0.1) is 6.92 Å². The molecule has 3 nitrogen and oxygen atoms in total. The van der Waals surface area contributed by atoms with Gasteiger partial charge in [-0.2, -0.15) is 0 Å². The first kappa shape index (κ1) is 16.3. The van der Waals surface area contributed by atoms with Crippen LogP contribution in [0.2, 0.25) is 0 Å². The minimum Gasteiger partial charge on any atom is -0.493 e. The van der Waals surface area contributed by atoms with Crippen LogP contribution in [-0.4, -0.2) is 37.7 Å². The summed E-state index contributed by atoms with van der Waals surface area (Å²) in [7, 11) is 2.24. The van der Waals surface area contributed by atoms with Gasteiger partial charge >= 0.3 is 0 Å². The van der Waals surface area contributed by atoms with Crippen LogP contribution in [0.1, 0.15) is 43.7 Å². The van der Waals surface area contributed by atoms with Crippen molar-refractivity contribution in [1.82, 2.24) is 10.2 Å². The summed E-state index contributed by atoms with van der Waals surface area (Å²) in [5.41, 5.74) is 2.51. The van der Waals surface area contributed by atoms with Crippen molar-refractivity contribution in [3.05, 3.63) is 29.3 Å². The topological polar surface area (TPSA) is 24.5 Å². The molecule has 0 bridgehead atoms. The van der Waals surface area contributed by atoms with Gasteiger partial charge in [-0.15, -0.1) is 0 Å². The normalized spacial score (nSPS) is 19.7. The van der Waals surface area contributed by atoms with E-state index >= 15 is 0 Å². The molecule has 1 atom stereocenters. The number of rotatable bonds is 7. The fourth-order valence-electron chi connectivity index (χ4n) is 3.12. The molecule has 1 unspecified atom stereocenters. The molecule has 21 heavy (non-hydrogen) atoms. The summed E-state index contributed by atoms with van der Waals surface area (Å²) in [6.45, 7) is 8.20. The van der Waals surface area contributed by atoms with Crippen molar-refractivity contribution < 1.29 is 4.74 Å². The van der Waals surface area contributed by atoms with Gasteiger partial charge in [0, 0.05) is 18.2 Å². The number of piperidine rings is 1. The first-order chi connectivity index (χ1) is 10.2. The van der Waals surface area contributed by atoms with Crippen LogP contribution in [0.5, 0.6) is 5.75 Å². The van der Waals surface area contributed by atoms with Gasteiger partial charge in [-0.05, 0) is 51.9 Å². The molecule has 1 aliphatic rings. The van der Waals surface area contributed by atoms with Gasteiger partial charge in [-0.25, -0.2) is 0 Å². The Morgan fingerprint density at radius 1 is 1.33 bits per heavy atom. The molecule has 3 heteroatoms. The standard InChI is InChI=1S/C18H30N2O/c1-4-19-14-16-9-7-8-15(2)18(16)21-13-11-17-10-5-6-12-20(17)3/h7-9,17,19H,4-6,10-14H2,1-3H3. The largest absolute Gasteiger partial charge is 0.493 e. The van der Waals surface area contributed by atoms with Crippen LogP contribution in [0.25, 0.3) is 0 Å². The monoisotopic (exact) mass is 290 g/mol. The number of nitrogens with one attached hydrogen (secondary N) is 1. The maximum absolute atomic E-state index is 6.15. The van der Waals surface area contributed by atoms with E-state index < -0.39 is 0 Å². The van der Waals surface area contributed by atoms with Crippen LogP contribution in [-0.2, 0) is 6.54 Å². The fourth-order valence-corrected chi connectivity index (χ4v) is 3.12. The van der Waals surface area contributed by atoms with Gasteiger partial charge in [0.1, 0.15) is 5.75 Å². The second kappa shape index (κ2) is 8.40. The zero-order valence-corrected chi connectivity index (χ0v) is 13.8. The molecule has 1 aliphatic heterocycles. The van der Waals surface area contributed by atoms with Crippen molar-refractivity contribution in [3.8, 4) is 5.75 Å². The van der Waals surface area contributed by atoms with Crippen molar-refractivity contribution >= 4 is 0 Å². The molecule has 1 aromatic rings. The molecular formula is C18H30N2O. The molecule has 0 aromatic heterocycles. The number of hydrogen-bond acceptors (Lipinski definition) is 3. The van der Waals surface area contributed by atoms with E-state index in [0.29, 0.717) is 6.04 Å². The minimum atomic E-state index is 0.694. The predicted octanol–water partition coefficient (Wildman–Crippen LogP) is 3.36. The highest BCUT2D eigenvalue weighted by molar-refractivity contribution is 5.40. The van der Waals surface area contributed by atoms with E-state index in [1.807, 2.05) is 0 Å². The molecule has 1 aromatic carbocycles. The van der Waals surface area contributed by atoms with Crippen LogP contribution < -0.4 is 10.1 Å². The van der Waals surface area contributed by atoms with Gasteiger partial charge in [0.2, 0.25) is 0 Å². The molecule has 1 saturated heterocycles. The number of benzene rings is 1. The molecule has 2 rings (SSSR count). The highest BCUT2D eigenvalue weighted by Crippen LogP contribution is 2.24. The number of ether oxygens (including phenoxy) is 1. The van der Waals surface area contributed by atoms with E-state index in [9.17, 15) is 0 Å². The van der Waals surface area contributed by atoms with E-state index in [1.165, 1.54) is 36.9 Å². The van der Waals surface area contributed by atoms with Gasteiger partial charge in [0.05, 0.1) is 6.61 Å². The molecule has 0 saturated carbocycles. The SMILES string of the molecule is CCNCc1cccc(C)c1OCCC1CCCCN1C. The molecule has 118 valence electrons. The summed E-state index contributed by atoms with van der Waals surface area (Å²) in [4.78, 5) is 2.49. The van der Waals surface area contributed by atoms with Crippen molar-refractivity contribution in [3.63, 3.8) is 0 Å². The smallest absolute Gasteiger partial charge is 0.126 e. The van der Waals surface area contributed by atoms with Crippen molar-refractivity contribution in [1.29, 1.82) is 0 Å². The highest BCUT2D eigenvalue weighted by atomic mass is 16.5. The lowest BCUT2D eigenvalue weighted by atomic mass is 10.0. The van der Waals surface area contributed by atoms with Crippen molar-refractivity contribution in [2.75, 3.05) is 26.7 Å². The van der Waals surface area contributed by atoms with E-state index in [2.05, 4.69) is 49.3 Å². The minimum absolute atomic E-state index is 0.694. The van der Waals surface area contributed by atoms with Gasteiger partial charge in [0.25, 0.3) is 0 Å². The first-order valence-electron chi connectivity index (χ1n) is 8.34. The lowest BCUT2D eigenvalue weighted by Gasteiger charge is -2.32. The van der Waals surface area contributed by atoms with Gasteiger partial charge in [-0.1, -0.05) is 31.5 Å². The number of nitrogens with zero attached hydrogens (tertiary/aromatic N) is 1. The number of para-hydroxylation sites is 1. The third-order valence-corrected chi connectivity index (χ3v) is 4.48. The molecule has 1 N–H and O–H groups in total. The summed E-state index contributed by atoms with van der Waals surface area (Å²) in [6, 6.07) is 7.11. The fraction of sp³-hybridized carbons (Fsp3) is 0.667. The average molecular weight is 290 g/mol. The third-order valence-electron chi connectivity index (χ3n) is 4.48. The summed E-state index contributed by atoms with van der Waals surface area (Å²) in [6.07, 6.45) is 5.16. The third kappa shape index (κ3) is 4.72.